The van der Waals surface area contributed by atoms with Gasteiger partial charge in [0.05, 0.1) is 6.67 Å². The van der Waals surface area contributed by atoms with Crippen molar-refractivity contribution in [1.82, 2.24) is 0 Å². The van der Waals surface area contributed by atoms with Gasteiger partial charge in [0.1, 0.15) is 0 Å². The van der Waals surface area contributed by atoms with Crippen LogP contribution in [0.15, 0.2) is 23.8 Å². The molecule has 0 nitrogen and oxygen atoms in total. The largest absolute Gasteiger partial charge is 0.251 e. The van der Waals surface area contributed by atoms with Crippen molar-refractivity contribution in [3.63, 3.8) is 0 Å². The summed E-state index contributed by atoms with van der Waals surface area (Å²) >= 11 is 0. The van der Waals surface area contributed by atoms with Crippen LogP contribution in [0.3, 0.4) is 0 Å². The Hall–Kier alpha value is -0.590. The Bertz CT molecular complexity index is 282. The number of rotatable bonds is 4. The lowest BCUT2D eigenvalue weighted by molar-refractivity contribution is 0.214. The molecule has 1 saturated carbocycles. The molecule has 2 rings (SSSR count). The highest BCUT2D eigenvalue weighted by Gasteiger charge is 2.23. The number of halogens is 1. The molecule has 96 valence electrons. The van der Waals surface area contributed by atoms with Crippen LogP contribution < -0.4 is 0 Å². The van der Waals surface area contributed by atoms with E-state index in [4.69, 9.17) is 0 Å². The van der Waals surface area contributed by atoms with Crippen LogP contribution in [-0.4, -0.2) is 6.67 Å². The van der Waals surface area contributed by atoms with Crippen LogP contribution in [-0.2, 0) is 0 Å². The third-order valence-electron chi connectivity index (χ3n) is 4.55. The summed E-state index contributed by atoms with van der Waals surface area (Å²) in [6.45, 7) is 2.27. The summed E-state index contributed by atoms with van der Waals surface area (Å²) in [6.07, 6.45) is 15.3. The van der Waals surface area contributed by atoms with Crippen LogP contribution in [0.1, 0.15) is 51.9 Å². The minimum absolute atomic E-state index is 0.0990. The molecule has 1 heteroatoms. The first-order chi connectivity index (χ1) is 8.29. The lowest BCUT2D eigenvalue weighted by Crippen LogP contribution is -2.18. The van der Waals surface area contributed by atoms with Crippen molar-refractivity contribution in [2.75, 3.05) is 6.67 Å². The molecule has 17 heavy (non-hydrogen) atoms. The molecule has 1 fully saturated rings. The van der Waals surface area contributed by atoms with Gasteiger partial charge in [0.15, 0.2) is 0 Å². The van der Waals surface area contributed by atoms with Gasteiger partial charge in [-0.1, -0.05) is 43.6 Å². The first-order valence-corrected chi connectivity index (χ1v) is 7.21. The highest BCUT2D eigenvalue weighted by molar-refractivity contribution is 5.19. The Kier molecular flexibility index (Phi) is 4.82. The van der Waals surface area contributed by atoms with Crippen LogP contribution in [0.2, 0.25) is 0 Å². The maximum atomic E-state index is 12.5. The smallest absolute Gasteiger partial charge is 0.0922 e. The highest BCUT2D eigenvalue weighted by Crippen LogP contribution is 2.35. The summed E-state index contributed by atoms with van der Waals surface area (Å²) in [5.41, 5.74) is 1.63. The highest BCUT2D eigenvalue weighted by atomic mass is 19.1. The second-order valence-corrected chi connectivity index (χ2v) is 5.89. The minimum atomic E-state index is -0.0990. The number of alkyl halides is 1. The van der Waals surface area contributed by atoms with Gasteiger partial charge in [0.2, 0.25) is 0 Å². The van der Waals surface area contributed by atoms with Crippen molar-refractivity contribution < 1.29 is 4.39 Å². The van der Waals surface area contributed by atoms with Crippen molar-refractivity contribution >= 4 is 0 Å². The molecule has 0 N–H and O–H groups in total. The van der Waals surface area contributed by atoms with Crippen LogP contribution in [0, 0.1) is 17.8 Å². The first kappa shape index (κ1) is 12.9. The van der Waals surface area contributed by atoms with E-state index >= 15 is 0 Å². The van der Waals surface area contributed by atoms with Gasteiger partial charge in [-0.2, -0.15) is 0 Å². The van der Waals surface area contributed by atoms with Gasteiger partial charge in [0.25, 0.3) is 0 Å². The molecule has 2 aliphatic rings. The Labute approximate surface area is 105 Å². The molecule has 0 unspecified atom stereocenters. The molecular formula is C16H25F. The third-order valence-corrected chi connectivity index (χ3v) is 4.55. The Morgan fingerprint density at radius 3 is 2.53 bits per heavy atom. The van der Waals surface area contributed by atoms with Crippen molar-refractivity contribution in [3.05, 3.63) is 23.8 Å². The van der Waals surface area contributed by atoms with E-state index in [0.29, 0.717) is 5.92 Å². The van der Waals surface area contributed by atoms with Crippen LogP contribution in [0.25, 0.3) is 0 Å². The predicted molar refractivity (Wildman–Crippen MR) is 71.7 cm³/mol. The van der Waals surface area contributed by atoms with Gasteiger partial charge < -0.3 is 0 Å². The maximum Gasteiger partial charge on any atom is 0.0922 e. The maximum absolute atomic E-state index is 12.5. The zero-order chi connectivity index (χ0) is 12.1. The number of hydrogen-bond donors (Lipinski definition) is 0. The van der Waals surface area contributed by atoms with E-state index in [9.17, 15) is 4.39 Å². The molecule has 0 heterocycles. The number of hydrogen-bond acceptors (Lipinski definition) is 0. The number of allylic oxidation sites excluding steroid dienone is 4. The average molecular weight is 236 g/mol. The van der Waals surface area contributed by atoms with E-state index in [-0.39, 0.29) is 6.67 Å². The lowest BCUT2D eigenvalue weighted by atomic mass is 9.76. The fourth-order valence-electron chi connectivity index (χ4n) is 3.30. The van der Waals surface area contributed by atoms with E-state index in [2.05, 4.69) is 25.2 Å². The van der Waals surface area contributed by atoms with Gasteiger partial charge in [-0.3, -0.25) is 4.39 Å². The molecule has 0 aliphatic heterocycles. The standard InChI is InChI=1S/C16H25F/c1-13(16-5-3-2-4-6-16)11-14-7-9-15(12-17)10-8-14/h2-3,5,13-15H,4,6-12H2,1H3/t13-,14?,15?/m0/s1. The van der Waals surface area contributed by atoms with Crippen molar-refractivity contribution in [2.45, 2.75) is 51.9 Å². The Morgan fingerprint density at radius 2 is 1.94 bits per heavy atom. The second kappa shape index (κ2) is 6.37. The summed E-state index contributed by atoms with van der Waals surface area (Å²) < 4.78 is 12.5. The molecule has 0 aromatic carbocycles. The van der Waals surface area contributed by atoms with Crippen LogP contribution in [0.4, 0.5) is 4.39 Å². The zero-order valence-corrected chi connectivity index (χ0v) is 11.0. The molecule has 2 aliphatic carbocycles. The van der Waals surface area contributed by atoms with E-state index in [0.717, 1.165) is 24.7 Å². The third kappa shape index (κ3) is 3.69. The summed E-state index contributed by atoms with van der Waals surface area (Å²) in [7, 11) is 0. The molecule has 0 aromatic rings. The summed E-state index contributed by atoms with van der Waals surface area (Å²) in [4.78, 5) is 0. The minimum Gasteiger partial charge on any atom is -0.251 e. The second-order valence-electron chi connectivity index (χ2n) is 5.89. The average Bonchev–Trinajstić information content (AvgIpc) is 2.40. The van der Waals surface area contributed by atoms with E-state index < -0.39 is 0 Å². The van der Waals surface area contributed by atoms with Gasteiger partial charge >= 0.3 is 0 Å². The van der Waals surface area contributed by atoms with Gasteiger partial charge in [-0.15, -0.1) is 0 Å². The zero-order valence-electron chi connectivity index (χ0n) is 11.0. The molecule has 0 amide bonds. The predicted octanol–water partition coefficient (Wildman–Crippen LogP) is 5.06. The first-order valence-electron chi connectivity index (χ1n) is 7.21. The topological polar surface area (TPSA) is 0 Å². The van der Waals surface area contributed by atoms with Gasteiger partial charge in [0, 0.05) is 0 Å². The fourth-order valence-corrected chi connectivity index (χ4v) is 3.30. The quantitative estimate of drug-likeness (QED) is 0.639. The van der Waals surface area contributed by atoms with Crippen molar-refractivity contribution in [2.24, 2.45) is 17.8 Å². The van der Waals surface area contributed by atoms with Gasteiger partial charge in [-0.25, -0.2) is 0 Å². The Morgan fingerprint density at radius 1 is 1.24 bits per heavy atom. The van der Waals surface area contributed by atoms with E-state index in [1.807, 2.05) is 0 Å². The van der Waals surface area contributed by atoms with E-state index in [1.165, 1.54) is 32.1 Å². The monoisotopic (exact) mass is 236 g/mol. The SMILES string of the molecule is C[C@@H](CC1CCC(CF)CC1)C1=CC=CCC1. The molecular weight excluding hydrogens is 211 g/mol. The molecule has 0 aromatic heterocycles. The molecule has 0 saturated heterocycles. The summed E-state index contributed by atoms with van der Waals surface area (Å²) in [5.74, 6) is 1.95. The van der Waals surface area contributed by atoms with E-state index in [1.54, 1.807) is 5.57 Å². The molecule has 0 bridgehead atoms. The summed E-state index contributed by atoms with van der Waals surface area (Å²) in [5, 5.41) is 0. The lowest BCUT2D eigenvalue weighted by Gasteiger charge is -2.29. The summed E-state index contributed by atoms with van der Waals surface area (Å²) in [6, 6.07) is 0. The van der Waals surface area contributed by atoms with Crippen molar-refractivity contribution in [1.29, 1.82) is 0 Å². The van der Waals surface area contributed by atoms with Gasteiger partial charge in [-0.05, 0) is 49.9 Å². The molecule has 0 radical (unpaired) electrons. The molecule has 0 spiro atoms. The van der Waals surface area contributed by atoms with Crippen molar-refractivity contribution in [3.8, 4) is 0 Å². The van der Waals surface area contributed by atoms with Crippen LogP contribution in [0.5, 0.6) is 0 Å². The van der Waals surface area contributed by atoms with Crippen LogP contribution >= 0.6 is 0 Å². The fraction of sp³-hybridized carbons (Fsp3) is 0.750. The molecule has 1 atom stereocenters. The normalized spacial score (nSPS) is 31.1. The Balaban J connectivity index is 1.77.